The summed E-state index contributed by atoms with van der Waals surface area (Å²) < 4.78 is 8.55. The molecule has 0 N–H and O–H groups in total. The van der Waals surface area contributed by atoms with E-state index in [1.807, 2.05) is 0 Å². The number of hydrogen-bond donors (Lipinski definition) is 0. The Balaban J connectivity index is -0.0000000133. The summed E-state index contributed by atoms with van der Waals surface area (Å²) in [4.78, 5) is 25.6. The minimum Gasteiger partial charge on any atom is -0.822 e. The minimum atomic E-state index is -5.39. The number of hydrogen-bond acceptors (Lipinski definition) is 4. The van der Waals surface area contributed by atoms with E-state index in [-0.39, 0.29) is 95.7 Å². The average Bonchev–Trinajstić information content (AvgIpc) is 0.722. The first-order valence-electron chi connectivity index (χ1n) is 0.730. The fourth-order valence-corrected chi connectivity index (χ4v) is 0. The molecule has 0 unspecified atom stereocenters. The topological polar surface area (TPSA) is 86.2 Å². The Hall–Kier alpha value is 3.21. The molecule has 9 heavy (non-hydrogen) atoms. The Kier molecular flexibility index (Phi) is 45.2. The zero-order valence-electron chi connectivity index (χ0n) is 4.86. The van der Waals surface area contributed by atoms with Crippen LogP contribution < -0.4 is 33.5 Å². The van der Waals surface area contributed by atoms with Crippen LogP contribution in [0.1, 0.15) is 0 Å². The third kappa shape index (κ3) is 92.2. The molecule has 0 rings (SSSR count). The minimum absolute atomic E-state index is 0. The molecule has 0 atom stereocenters. The van der Waals surface area contributed by atoms with Crippen molar-refractivity contribution in [1.82, 2.24) is 0 Å². The van der Waals surface area contributed by atoms with E-state index in [1.165, 1.54) is 0 Å². The molecular weight excluding hydrogens is 217 g/mol. The second kappa shape index (κ2) is 13.8. The van der Waals surface area contributed by atoms with E-state index in [0.717, 1.165) is 0 Å². The maximum Gasteiger partial charge on any atom is 4.00 e. The van der Waals surface area contributed by atoms with Crippen LogP contribution in [0.2, 0.25) is 0 Å². The molecule has 0 radical (unpaired) electrons. The second-order valence-corrected chi connectivity index (χ2v) is 1.34. The molecule has 0 heterocycles. The normalized spacial score (nSPS) is 6.56. The van der Waals surface area contributed by atoms with Crippen LogP contribution in [0.15, 0.2) is 0 Å². The van der Waals surface area contributed by atoms with Crippen LogP contribution in [0.3, 0.4) is 0 Å². The summed E-state index contributed by atoms with van der Waals surface area (Å²) >= 11 is 0. The van der Waals surface area contributed by atoms with E-state index in [1.54, 1.807) is 0 Å². The molecule has 0 aromatic carbocycles. The van der Waals surface area contributed by atoms with Crippen LogP contribution in [0.25, 0.3) is 0 Å². The molecule has 9 heteroatoms. The number of phosphoric acid groups is 1. The molecule has 0 aliphatic rings. The van der Waals surface area contributed by atoms with Crippen molar-refractivity contribution in [3.05, 3.63) is 0 Å². The average molecular weight is 217 g/mol. The van der Waals surface area contributed by atoms with E-state index in [9.17, 15) is 0 Å². The van der Waals surface area contributed by atoms with Gasteiger partial charge in [-0.2, -0.15) is 7.82 Å². The molecule has 0 saturated carbocycles. The Morgan fingerprint density at radius 2 is 1.11 bits per heavy atom. The van der Waals surface area contributed by atoms with E-state index in [4.69, 9.17) is 19.2 Å². The van der Waals surface area contributed by atoms with E-state index < -0.39 is 7.82 Å². The van der Waals surface area contributed by atoms with E-state index in [0.29, 0.717) is 0 Å². The molecule has 0 aromatic rings. The van der Waals surface area contributed by atoms with Gasteiger partial charge in [-0.15, -0.1) is 0 Å². The van der Waals surface area contributed by atoms with Gasteiger partial charge < -0.3 is 19.2 Å². The first kappa shape index (κ1) is 29.5. The van der Waals surface area contributed by atoms with Crippen molar-refractivity contribution in [2.24, 2.45) is 0 Å². The van der Waals surface area contributed by atoms with Crippen LogP contribution in [-0.2, 0) is 26.3 Å². The fourth-order valence-electron chi connectivity index (χ4n) is 0. The van der Waals surface area contributed by atoms with Gasteiger partial charge >= 0.3 is 95.7 Å². The zero-order chi connectivity index (χ0) is 4.50. The molecule has 0 bridgehead atoms. The Labute approximate surface area is 121 Å². The second-order valence-electron chi connectivity index (χ2n) is 0.447. The van der Waals surface area contributed by atoms with Gasteiger partial charge in [-0.25, -0.2) is 0 Å². The van der Waals surface area contributed by atoms with Gasteiger partial charge in [0.15, 0.2) is 0 Å². The summed E-state index contributed by atoms with van der Waals surface area (Å²) in [6, 6.07) is 0. The zero-order valence-corrected chi connectivity index (χ0v) is 10.7. The molecule has 4 nitrogen and oxygen atoms in total. The van der Waals surface area contributed by atoms with Crippen LogP contribution in [-0.4, -0.2) is 55.1 Å². The van der Waals surface area contributed by atoms with Gasteiger partial charge in [-0.1, -0.05) is 0 Å². The van der Waals surface area contributed by atoms with Crippen LogP contribution >= 0.6 is 7.82 Å². The van der Waals surface area contributed by atoms with Crippen molar-refractivity contribution in [3.63, 3.8) is 0 Å². The molecule has 0 aliphatic heterocycles. The molecule has 0 aromatic heterocycles. The maximum atomic E-state index is 8.55. The van der Waals surface area contributed by atoms with Gasteiger partial charge in [0.1, 0.15) is 0 Å². The van der Waals surface area contributed by atoms with Crippen molar-refractivity contribution in [1.29, 1.82) is 0 Å². The van der Waals surface area contributed by atoms with Crippen LogP contribution in [0.5, 0.6) is 0 Å². The Morgan fingerprint density at radius 1 is 1.11 bits per heavy atom. The SMILES string of the molecule is O=P([O-])([O-])[O-].[Al+3].[Ca+2].[Li+].[Ti+4]. The van der Waals surface area contributed by atoms with Gasteiger partial charge in [0.25, 0.3) is 0 Å². The van der Waals surface area contributed by atoms with Crippen molar-refractivity contribution in [2.45, 2.75) is 0 Å². The fraction of sp³-hybridized carbons (Fsp3) is 0. The van der Waals surface area contributed by atoms with Gasteiger partial charge in [0.2, 0.25) is 0 Å². The molecule has 0 aliphatic carbocycles. The summed E-state index contributed by atoms with van der Waals surface area (Å²) in [5.41, 5.74) is 0. The maximum absolute atomic E-state index is 8.55. The largest absolute Gasteiger partial charge is 4.00 e. The first-order chi connectivity index (χ1) is 2.00. The quantitative estimate of drug-likeness (QED) is 0.298. The van der Waals surface area contributed by atoms with Crippen LogP contribution in [0, 0.1) is 0 Å². The predicted molar refractivity (Wildman–Crippen MR) is 19.1 cm³/mol. The first-order valence-corrected chi connectivity index (χ1v) is 2.19. The van der Waals surface area contributed by atoms with Crippen molar-refractivity contribution in [2.75, 3.05) is 0 Å². The molecule has 0 saturated heterocycles. The number of rotatable bonds is 0. The molecule has 0 amide bonds. The molecule has 32 valence electrons. The monoisotopic (exact) mass is 217 g/mol. The Morgan fingerprint density at radius 3 is 1.11 bits per heavy atom. The van der Waals surface area contributed by atoms with Crippen molar-refractivity contribution < 1.29 is 59.8 Å². The van der Waals surface area contributed by atoms with Crippen molar-refractivity contribution in [3.8, 4) is 0 Å². The smallest absolute Gasteiger partial charge is 0.822 e. The summed E-state index contributed by atoms with van der Waals surface area (Å²) in [5, 5.41) is 0. The molecule has 0 spiro atoms. The van der Waals surface area contributed by atoms with Crippen molar-refractivity contribution >= 4 is 62.9 Å². The molecule has 0 fully saturated rings. The van der Waals surface area contributed by atoms with Crippen LogP contribution in [0.4, 0.5) is 0 Å². The van der Waals surface area contributed by atoms with Gasteiger partial charge in [0, 0.05) is 0 Å². The third-order valence-corrected chi connectivity index (χ3v) is 0. The van der Waals surface area contributed by atoms with E-state index >= 15 is 0 Å². The summed E-state index contributed by atoms with van der Waals surface area (Å²) in [6.07, 6.45) is 0. The Bertz CT molecular complexity index is 66.7. The van der Waals surface area contributed by atoms with Gasteiger partial charge in [-0.3, -0.25) is 0 Å². The predicted octanol–water partition coefficient (Wildman–Crippen LogP) is -6.58. The third-order valence-electron chi connectivity index (χ3n) is 0. The molecular formula is AlCaLiO4PTi+7. The summed E-state index contributed by atoms with van der Waals surface area (Å²) in [6.45, 7) is 0. The summed E-state index contributed by atoms with van der Waals surface area (Å²) in [5.74, 6) is 0. The standard InChI is InChI=1S/Al.Ca.Li.H3O4P.Ti/c;;;1-5(2,3)4;/h;;;(H3,1,2,3,4);/q+3;+2;+1;;+4/p-3. The van der Waals surface area contributed by atoms with Gasteiger partial charge in [0.05, 0.1) is 0 Å². The van der Waals surface area contributed by atoms with Gasteiger partial charge in [-0.05, 0) is 0 Å². The summed E-state index contributed by atoms with van der Waals surface area (Å²) in [7, 11) is -5.39. The van der Waals surface area contributed by atoms with E-state index in [2.05, 4.69) is 0 Å².